The average Bonchev–Trinajstić information content (AvgIpc) is 2.48. The number of sulfonamides is 1. The number of piperidine rings is 1. The van der Waals surface area contributed by atoms with Gasteiger partial charge < -0.3 is 4.74 Å². The van der Waals surface area contributed by atoms with Crippen molar-refractivity contribution in [3.05, 3.63) is 24.0 Å². The molecule has 1 aromatic rings. The van der Waals surface area contributed by atoms with Crippen LogP contribution in [-0.4, -0.2) is 43.5 Å². The molecule has 0 radical (unpaired) electrons. The molecule has 0 spiro atoms. The summed E-state index contributed by atoms with van der Waals surface area (Å²) in [5.74, 6) is 0. The molecule has 0 saturated carbocycles. The minimum atomic E-state index is -3.69. The van der Waals surface area contributed by atoms with E-state index < -0.39 is 10.0 Å². The summed E-state index contributed by atoms with van der Waals surface area (Å²) >= 11 is 0. The van der Waals surface area contributed by atoms with Gasteiger partial charge in [0.2, 0.25) is 10.0 Å². The van der Waals surface area contributed by atoms with Gasteiger partial charge in [-0.1, -0.05) is 0 Å². The molecule has 1 saturated heterocycles. The van der Waals surface area contributed by atoms with Gasteiger partial charge in [0, 0.05) is 25.9 Å². The molecule has 2 rings (SSSR count). The molecule has 1 fully saturated rings. The Kier molecular flexibility index (Phi) is 4.70. The van der Waals surface area contributed by atoms with E-state index in [0.717, 1.165) is 12.8 Å². The van der Waals surface area contributed by atoms with Crippen molar-refractivity contribution < 1.29 is 13.2 Å². The van der Waals surface area contributed by atoms with Crippen LogP contribution in [0, 0.1) is 11.3 Å². The zero-order valence-corrected chi connectivity index (χ0v) is 12.1. The van der Waals surface area contributed by atoms with Crippen molar-refractivity contribution in [2.45, 2.75) is 30.8 Å². The van der Waals surface area contributed by atoms with Gasteiger partial charge in [-0.2, -0.15) is 9.57 Å². The summed E-state index contributed by atoms with van der Waals surface area (Å²) in [6.07, 6.45) is 2.95. The van der Waals surface area contributed by atoms with Crippen LogP contribution in [0.5, 0.6) is 0 Å². The van der Waals surface area contributed by atoms with E-state index in [0.29, 0.717) is 19.7 Å². The van der Waals surface area contributed by atoms with Crippen LogP contribution in [0.4, 0.5) is 0 Å². The third-order valence-electron chi connectivity index (χ3n) is 3.24. The average molecular weight is 295 g/mol. The second-order valence-electron chi connectivity index (χ2n) is 4.54. The molecule has 1 aliphatic heterocycles. The number of hydrogen-bond donors (Lipinski definition) is 0. The fourth-order valence-corrected chi connectivity index (χ4v) is 3.92. The highest BCUT2D eigenvalue weighted by Gasteiger charge is 2.32. The predicted molar refractivity (Wildman–Crippen MR) is 72.4 cm³/mol. The van der Waals surface area contributed by atoms with Gasteiger partial charge in [-0.15, -0.1) is 0 Å². The van der Waals surface area contributed by atoms with E-state index in [-0.39, 0.29) is 16.7 Å². The molecule has 1 unspecified atom stereocenters. The lowest BCUT2D eigenvalue weighted by Crippen LogP contribution is -2.43. The summed E-state index contributed by atoms with van der Waals surface area (Å²) in [7, 11) is -3.69. The third kappa shape index (κ3) is 2.98. The normalized spacial score (nSPS) is 20.5. The molecular formula is C13H17N3O3S. The summed E-state index contributed by atoms with van der Waals surface area (Å²) in [5, 5.41) is 9.00. The second-order valence-corrected chi connectivity index (χ2v) is 6.45. The predicted octanol–water partition coefficient (Wildman–Crippen LogP) is 1.14. The molecule has 0 aliphatic carbocycles. The minimum Gasteiger partial charge on any atom is -0.377 e. The van der Waals surface area contributed by atoms with Gasteiger partial charge in [-0.25, -0.2) is 13.4 Å². The Balaban J connectivity index is 2.28. The van der Waals surface area contributed by atoms with Crippen molar-refractivity contribution in [2.24, 2.45) is 0 Å². The summed E-state index contributed by atoms with van der Waals surface area (Å²) < 4.78 is 32.1. The Bertz CT molecular complexity index is 608. The van der Waals surface area contributed by atoms with Crippen molar-refractivity contribution in [1.29, 1.82) is 5.26 Å². The van der Waals surface area contributed by atoms with Crippen LogP contribution in [0.1, 0.15) is 25.5 Å². The van der Waals surface area contributed by atoms with Gasteiger partial charge in [-0.3, -0.25) is 0 Å². The smallest absolute Gasteiger partial charge is 0.246 e. The van der Waals surface area contributed by atoms with Crippen LogP contribution in [-0.2, 0) is 14.8 Å². The van der Waals surface area contributed by atoms with E-state index in [1.165, 1.54) is 22.6 Å². The first kappa shape index (κ1) is 14.9. The van der Waals surface area contributed by atoms with Crippen molar-refractivity contribution in [3.8, 4) is 6.07 Å². The van der Waals surface area contributed by atoms with Crippen LogP contribution in [0.25, 0.3) is 0 Å². The number of hydrogen-bond acceptors (Lipinski definition) is 5. The van der Waals surface area contributed by atoms with Gasteiger partial charge >= 0.3 is 0 Å². The molecule has 0 aromatic carbocycles. The first-order valence-electron chi connectivity index (χ1n) is 6.56. The Morgan fingerprint density at radius 1 is 1.60 bits per heavy atom. The van der Waals surface area contributed by atoms with Crippen molar-refractivity contribution in [2.75, 3.05) is 19.7 Å². The van der Waals surface area contributed by atoms with Gasteiger partial charge in [0.1, 0.15) is 11.0 Å². The van der Waals surface area contributed by atoms with Crippen LogP contribution in [0.15, 0.2) is 23.2 Å². The largest absolute Gasteiger partial charge is 0.377 e. The SMILES string of the molecule is CCOC1CCCN(S(=O)(=O)c2cccnc2C#N)C1. The maximum Gasteiger partial charge on any atom is 0.246 e. The molecule has 20 heavy (non-hydrogen) atoms. The molecule has 6 nitrogen and oxygen atoms in total. The lowest BCUT2D eigenvalue weighted by atomic mass is 10.1. The zero-order valence-electron chi connectivity index (χ0n) is 11.3. The fourth-order valence-electron chi connectivity index (χ4n) is 2.32. The summed E-state index contributed by atoms with van der Waals surface area (Å²) in [6.45, 7) is 3.23. The maximum atomic E-state index is 12.6. The van der Waals surface area contributed by atoms with E-state index >= 15 is 0 Å². The molecule has 1 aromatic heterocycles. The zero-order chi connectivity index (χ0) is 14.6. The highest BCUT2D eigenvalue weighted by Crippen LogP contribution is 2.23. The number of aromatic nitrogens is 1. The van der Waals surface area contributed by atoms with Crippen molar-refractivity contribution in [3.63, 3.8) is 0 Å². The number of rotatable bonds is 4. The van der Waals surface area contributed by atoms with Crippen LogP contribution in [0.2, 0.25) is 0 Å². The number of nitriles is 1. The Hall–Kier alpha value is -1.49. The standard InChI is InChI=1S/C13H17N3O3S/c1-2-19-11-5-4-8-16(10-11)20(17,18)13-6-3-7-15-12(13)9-14/h3,6-7,11H,2,4-5,8,10H2,1H3. The van der Waals surface area contributed by atoms with E-state index in [1.54, 1.807) is 0 Å². The van der Waals surface area contributed by atoms with E-state index in [9.17, 15) is 8.42 Å². The lowest BCUT2D eigenvalue weighted by Gasteiger charge is -2.31. The minimum absolute atomic E-state index is 0.0281. The second kappa shape index (κ2) is 6.31. The first-order chi connectivity index (χ1) is 9.59. The molecule has 0 N–H and O–H groups in total. The van der Waals surface area contributed by atoms with Crippen molar-refractivity contribution >= 4 is 10.0 Å². The van der Waals surface area contributed by atoms with E-state index in [4.69, 9.17) is 10.00 Å². The first-order valence-corrected chi connectivity index (χ1v) is 8.00. The molecule has 0 amide bonds. The maximum absolute atomic E-state index is 12.6. The monoisotopic (exact) mass is 295 g/mol. The summed E-state index contributed by atoms with van der Waals surface area (Å²) in [5.41, 5.74) is -0.0639. The molecule has 7 heteroatoms. The molecule has 2 heterocycles. The van der Waals surface area contributed by atoms with Crippen LogP contribution in [0.3, 0.4) is 0 Å². The van der Waals surface area contributed by atoms with Gasteiger partial charge in [0.05, 0.1) is 6.10 Å². The summed E-state index contributed by atoms with van der Waals surface area (Å²) in [4.78, 5) is 3.79. The summed E-state index contributed by atoms with van der Waals surface area (Å²) in [6, 6.07) is 4.78. The molecule has 0 bridgehead atoms. The number of pyridine rings is 1. The number of ether oxygens (including phenoxy) is 1. The molecular weight excluding hydrogens is 278 g/mol. The van der Waals surface area contributed by atoms with Crippen LogP contribution >= 0.6 is 0 Å². The van der Waals surface area contributed by atoms with E-state index in [2.05, 4.69) is 4.98 Å². The quantitative estimate of drug-likeness (QED) is 0.832. The van der Waals surface area contributed by atoms with Crippen LogP contribution < -0.4 is 0 Å². The van der Waals surface area contributed by atoms with Crippen molar-refractivity contribution in [1.82, 2.24) is 9.29 Å². The van der Waals surface area contributed by atoms with Gasteiger partial charge in [0.15, 0.2) is 5.69 Å². The van der Waals surface area contributed by atoms with Gasteiger partial charge in [0.25, 0.3) is 0 Å². The third-order valence-corrected chi connectivity index (χ3v) is 5.13. The Morgan fingerprint density at radius 2 is 2.40 bits per heavy atom. The molecule has 1 aliphatic rings. The molecule has 1 atom stereocenters. The highest BCUT2D eigenvalue weighted by atomic mass is 32.2. The topological polar surface area (TPSA) is 83.3 Å². The number of nitrogens with zero attached hydrogens (tertiary/aromatic N) is 3. The Morgan fingerprint density at radius 3 is 3.10 bits per heavy atom. The fraction of sp³-hybridized carbons (Fsp3) is 0.538. The Labute approximate surface area is 119 Å². The van der Waals surface area contributed by atoms with Gasteiger partial charge in [-0.05, 0) is 31.9 Å². The lowest BCUT2D eigenvalue weighted by molar-refractivity contribution is 0.0265. The van der Waals surface area contributed by atoms with E-state index in [1.807, 2.05) is 13.0 Å². The molecule has 108 valence electrons. The highest BCUT2D eigenvalue weighted by molar-refractivity contribution is 7.89.